The third-order valence-electron chi connectivity index (χ3n) is 3.18. The number of alkyl halides is 3. The summed E-state index contributed by atoms with van der Waals surface area (Å²) in [5.74, 6) is 0. The highest BCUT2D eigenvalue weighted by Crippen LogP contribution is 2.21. The van der Waals surface area contributed by atoms with E-state index in [-0.39, 0.29) is 13.1 Å². The zero-order valence-electron chi connectivity index (χ0n) is 12.9. The molecule has 6 nitrogen and oxygen atoms in total. The van der Waals surface area contributed by atoms with E-state index in [2.05, 4.69) is 5.28 Å². The fourth-order valence-electron chi connectivity index (χ4n) is 2.28. The van der Waals surface area contributed by atoms with Gasteiger partial charge in [0.15, 0.2) is 0 Å². The summed E-state index contributed by atoms with van der Waals surface area (Å²) >= 11 is 0. The highest BCUT2D eigenvalue weighted by atomic mass is 19.4. The van der Waals surface area contributed by atoms with Gasteiger partial charge >= 0.3 is 6.18 Å². The fraction of sp³-hybridized carbons (Fsp3) is 1.00. The standard InChI is InChI=1S/C12H23F3N4O2/c1-5-18(11(2,3)4)19(20)16-21-10-6-7-17(8-10)9-12(13,14)15/h10H,5-9H2,1-4H3/b19-16-/t10-/m1/s1. The van der Waals surface area contributed by atoms with Crippen LogP contribution < -0.4 is 0 Å². The molecule has 1 saturated heterocycles. The molecule has 0 aromatic heterocycles. The predicted octanol–water partition coefficient (Wildman–Crippen LogP) is 2.55. The van der Waals surface area contributed by atoms with Crippen LogP contribution in [-0.4, -0.2) is 58.9 Å². The van der Waals surface area contributed by atoms with Gasteiger partial charge in [-0.05, 0) is 27.7 Å². The number of hydrazine groups is 1. The number of hydrogen-bond acceptors (Lipinski definition) is 4. The molecule has 1 aliphatic heterocycles. The van der Waals surface area contributed by atoms with Crippen LogP contribution in [0.15, 0.2) is 5.28 Å². The molecule has 0 aromatic carbocycles. The number of hydrogen-bond donors (Lipinski definition) is 0. The van der Waals surface area contributed by atoms with Gasteiger partial charge in [0.2, 0.25) is 5.28 Å². The molecule has 1 aliphatic rings. The minimum atomic E-state index is -4.22. The van der Waals surface area contributed by atoms with Crippen molar-refractivity contribution in [2.45, 2.75) is 51.9 Å². The molecule has 9 heteroatoms. The van der Waals surface area contributed by atoms with Crippen molar-refractivity contribution in [3.63, 3.8) is 0 Å². The highest BCUT2D eigenvalue weighted by molar-refractivity contribution is 4.77. The van der Waals surface area contributed by atoms with Crippen LogP contribution in [0.2, 0.25) is 0 Å². The predicted molar refractivity (Wildman–Crippen MR) is 70.2 cm³/mol. The molecule has 0 aromatic rings. The summed E-state index contributed by atoms with van der Waals surface area (Å²) in [4.78, 5) is 6.69. The van der Waals surface area contributed by atoms with Crippen LogP contribution in [0.25, 0.3) is 0 Å². The molecule has 0 radical (unpaired) electrons. The molecule has 1 rings (SSSR count). The van der Waals surface area contributed by atoms with Crippen LogP contribution in [0.3, 0.4) is 0 Å². The van der Waals surface area contributed by atoms with E-state index in [1.807, 2.05) is 27.7 Å². The smallest absolute Gasteiger partial charge is 0.401 e. The molecule has 1 fully saturated rings. The average molecular weight is 312 g/mol. The van der Waals surface area contributed by atoms with Crippen LogP contribution in [-0.2, 0) is 4.84 Å². The molecule has 0 amide bonds. The van der Waals surface area contributed by atoms with Crippen molar-refractivity contribution in [3.05, 3.63) is 5.21 Å². The summed E-state index contributed by atoms with van der Waals surface area (Å²) < 4.78 is 36.8. The van der Waals surface area contributed by atoms with Crippen molar-refractivity contribution in [1.29, 1.82) is 0 Å². The molecule has 0 unspecified atom stereocenters. The Kier molecular flexibility index (Phi) is 5.66. The van der Waals surface area contributed by atoms with Crippen molar-refractivity contribution >= 4 is 0 Å². The van der Waals surface area contributed by atoms with Crippen molar-refractivity contribution in [2.24, 2.45) is 5.28 Å². The van der Waals surface area contributed by atoms with Gasteiger partial charge in [-0.15, -0.1) is 5.01 Å². The first-order valence-electron chi connectivity index (χ1n) is 6.93. The average Bonchev–Trinajstić information content (AvgIpc) is 2.70. The van der Waals surface area contributed by atoms with Crippen LogP contribution in [0.5, 0.6) is 0 Å². The molecule has 0 saturated carbocycles. The molecular weight excluding hydrogens is 289 g/mol. The summed E-state index contributed by atoms with van der Waals surface area (Å²) in [5.41, 5.74) is -0.415. The van der Waals surface area contributed by atoms with Gasteiger partial charge in [-0.25, -0.2) is 0 Å². The third kappa shape index (κ3) is 5.94. The normalized spacial score (nSPS) is 21.7. The Balaban J connectivity index is 2.50. The van der Waals surface area contributed by atoms with Crippen LogP contribution in [0.4, 0.5) is 13.2 Å². The Morgan fingerprint density at radius 1 is 1.38 bits per heavy atom. The number of nitrogens with zero attached hydrogens (tertiary/aromatic N) is 4. The van der Waals surface area contributed by atoms with E-state index in [1.165, 1.54) is 9.91 Å². The minimum Gasteiger partial charge on any atom is -0.569 e. The molecule has 124 valence electrons. The Bertz CT molecular complexity index is 368. The summed E-state index contributed by atoms with van der Waals surface area (Å²) in [6.45, 7) is 7.29. The fourth-order valence-corrected chi connectivity index (χ4v) is 2.28. The van der Waals surface area contributed by atoms with E-state index in [9.17, 15) is 18.4 Å². The van der Waals surface area contributed by atoms with E-state index in [0.29, 0.717) is 17.9 Å². The van der Waals surface area contributed by atoms with Gasteiger partial charge in [-0.2, -0.15) is 13.2 Å². The lowest BCUT2D eigenvalue weighted by Gasteiger charge is -2.29. The second kappa shape index (κ2) is 6.67. The first-order chi connectivity index (χ1) is 9.53. The van der Waals surface area contributed by atoms with Crippen molar-refractivity contribution in [3.8, 4) is 0 Å². The quantitative estimate of drug-likeness (QED) is 0.445. The second-order valence-electron chi connectivity index (χ2n) is 6.09. The third-order valence-corrected chi connectivity index (χ3v) is 3.18. The lowest BCUT2D eigenvalue weighted by Crippen LogP contribution is -2.45. The molecule has 0 spiro atoms. The lowest BCUT2D eigenvalue weighted by molar-refractivity contribution is -0.725. The zero-order chi connectivity index (χ0) is 16.3. The van der Waals surface area contributed by atoms with E-state index in [0.717, 1.165) is 0 Å². The Morgan fingerprint density at radius 2 is 2.00 bits per heavy atom. The molecule has 0 bridgehead atoms. The summed E-state index contributed by atoms with van der Waals surface area (Å²) in [6, 6.07) is 0. The molecule has 1 heterocycles. The first kappa shape index (κ1) is 17.8. The van der Waals surface area contributed by atoms with Crippen molar-refractivity contribution in [1.82, 2.24) is 9.91 Å². The molecule has 0 N–H and O–H groups in total. The van der Waals surface area contributed by atoms with Crippen LogP contribution in [0.1, 0.15) is 34.1 Å². The van der Waals surface area contributed by atoms with E-state index in [4.69, 9.17) is 4.84 Å². The van der Waals surface area contributed by atoms with Crippen LogP contribution in [0, 0.1) is 5.21 Å². The first-order valence-corrected chi connectivity index (χ1v) is 6.93. The minimum absolute atomic E-state index is 0.124. The number of rotatable bonds is 5. The highest BCUT2D eigenvalue weighted by Gasteiger charge is 2.35. The van der Waals surface area contributed by atoms with Gasteiger partial charge in [0.25, 0.3) is 0 Å². The maximum atomic E-state index is 12.3. The SMILES string of the molecule is CCN(/[N+]([O-])=N/O[C@@H]1CCN(CC(F)(F)F)C1)C(C)(C)C. The lowest BCUT2D eigenvalue weighted by atomic mass is 10.1. The second-order valence-corrected chi connectivity index (χ2v) is 6.09. The Hall–Kier alpha value is -1.25. The zero-order valence-corrected chi connectivity index (χ0v) is 12.9. The molecule has 1 atom stereocenters. The van der Waals surface area contributed by atoms with E-state index in [1.54, 1.807) is 0 Å². The Labute approximate surface area is 122 Å². The molecular formula is C12H23F3N4O2. The maximum Gasteiger partial charge on any atom is 0.401 e. The summed E-state index contributed by atoms with van der Waals surface area (Å²) in [5, 5.41) is 16.8. The van der Waals surface area contributed by atoms with Gasteiger partial charge in [0, 0.05) is 19.5 Å². The van der Waals surface area contributed by atoms with Gasteiger partial charge in [0.1, 0.15) is 6.10 Å². The van der Waals surface area contributed by atoms with Gasteiger partial charge in [-0.3, -0.25) is 4.90 Å². The van der Waals surface area contributed by atoms with Gasteiger partial charge in [0.05, 0.1) is 23.6 Å². The monoisotopic (exact) mass is 312 g/mol. The summed E-state index contributed by atoms with van der Waals surface area (Å²) in [7, 11) is 0. The van der Waals surface area contributed by atoms with Crippen molar-refractivity contribution in [2.75, 3.05) is 26.2 Å². The van der Waals surface area contributed by atoms with E-state index >= 15 is 0 Å². The Morgan fingerprint density at radius 3 is 2.48 bits per heavy atom. The van der Waals surface area contributed by atoms with Gasteiger partial charge in [-0.1, -0.05) is 0 Å². The summed E-state index contributed by atoms with van der Waals surface area (Å²) in [6.07, 6.45) is -4.28. The molecule has 21 heavy (non-hydrogen) atoms. The maximum absolute atomic E-state index is 12.3. The van der Waals surface area contributed by atoms with Gasteiger partial charge < -0.3 is 10.0 Å². The number of likely N-dealkylation sites (tertiary alicyclic amines) is 1. The van der Waals surface area contributed by atoms with E-state index < -0.39 is 24.4 Å². The largest absolute Gasteiger partial charge is 0.569 e. The molecule has 0 aliphatic carbocycles. The van der Waals surface area contributed by atoms with Crippen molar-refractivity contribution < 1.29 is 23.0 Å². The number of halogens is 3. The van der Waals surface area contributed by atoms with Crippen LogP contribution >= 0.6 is 0 Å². The topological polar surface area (TPSA) is 54.1 Å².